The Kier molecular flexibility index (Phi) is 5.57. The first-order valence-electron chi connectivity index (χ1n) is 8.41. The maximum Gasteiger partial charge on any atom is 0.163 e. The summed E-state index contributed by atoms with van der Waals surface area (Å²) in [5.74, 6) is 2.46. The van der Waals surface area contributed by atoms with E-state index in [4.69, 9.17) is 4.74 Å². The van der Waals surface area contributed by atoms with Crippen LogP contribution in [0.15, 0.2) is 54.9 Å². The Morgan fingerprint density at radius 3 is 2.60 bits per heavy atom. The topological polar surface area (TPSA) is 59.9 Å². The van der Waals surface area contributed by atoms with Crippen molar-refractivity contribution in [2.45, 2.75) is 20.3 Å². The molecule has 3 rings (SSSR count). The Labute approximate surface area is 148 Å². The van der Waals surface area contributed by atoms with Crippen molar-refractivity contribution < 1.29 is 4.74 Å². The number of ether oxygens (including phenoxy) is 1. The zero-order chi connectivity index (χ0) is 17.5. The van der Waals surface area contributed by atoms with Crippen LogP contribution in [0, 0.1) is 13.8 Å². The highest BCUT2D eigenvalue weighted by atomic mass is 16.5. The lowest BCUT2D eigenvalue weighted by Crippen LogP contribution is -2.11. The minimum absolute atomic E-state index is 0.662. The summed E-state index contributed by atoms with van der Waals surface area (Å²) in [4.78, 5) is 13.4. The van der Waals surface area contributed by atoms with Gasteiger partial charge in [0.25, 0.3) is 0 Å². The van der Waals surface area contributed by atoms with Crippen LogP contribution in [0.2, 0.25) is 0 Å². The molecule has 0 radical (unpaired) electrons. The third-order valence-corrected chi connectivity index (χ3v) is 3.93. The molecular formula is C20H22N4O. The molecule has 0 unspecified atom stereocenters. The molecule has 1 aromatic carbocycles. The molecular weight excluding hydrogens is 312 g/mol. The van der Waals surface area contributed by atoms with E-state index in [0.717, 1.165) is 41.4 Å². The SMILES string of the molecule is Cc1nc(-c2cccnc2)nc(NCCCOc2ccccc2)c1C. The predicted octanol–water partition coefficient (Wildman–Crippen LogP) is 4.04. The molecule has 1 N–H and O–H groups in total. The maximum atomic E-state index is 5.71. The third-order valence-electron chi connectivity index (χ3n) is 3.93. The number of anilines is 1. The molecule has 5 heteroatoms. The molecule has 25 heavy (non-hydrogen) atoms. The maximum absolute atomic E-state index is 5.71. The highest BCUT2D eigenvalue weighted by Gasteiger charge is 2.09. The van der Waals surface area contributed by atoms with Crippen molar-refractivity contribution in [1.82, 2.24) is 15.0 Å². The fourth-order valence-corrected chi connectivity index (χ4v) is 2.41. The van der Waals surface area contributed by atoms with Crippen molar-refractivity contribution in [1.29, 1.82) is 0 Å². The van der Waals surface area contributed by atoms with Crippen LogP contribution in [0.3, 0.4) is 0 Å². The summed E-state index contributed by atoms with van der Waals surface area (Å²) in [5.41, 5.74) is 2.95. The monoisotopic (exact) mass is 334 g/mol. The van der Waals surface area contributed by atoms with Gasteiger partial charge in [-0.05, 0) is 44.5 Å². The Morgan fingerprint density at radius 1 is 1.00 bits per heavy atom. The van der Waals surface area contributed by atoms with Gasteiger partial charge in [0.1, 0.15) is 11.6 Å². The summed E-state index contributed by atoms with van der Waals surface area (Å²) in [5, 5.41) is 3.40. The van der Waals surface area contributed by atoms with Crippen LogP contribution in [0.25, 0.3) is 11.4 Å². The quantitative estimate of drug-likeness (QED) is 0.661. The van der Waals surface area contributed by atoms with E-state index in [0.29, 0.717) is 12.4 Å². The van der Waals surface area contributed by atoms with Gasteiger partial charge in [-0.25, -0.2) is 9.97 Å². The second-order valence-corrected chi connectivity index (χ2v) is 5.79. The average Bonchev–Trinajstić information content (AvgIpc) is 2.66. The van der Waals surface area contributed by atoms with Crippen molar-refractivity contribution >= 4 is 5.82 Å². The summed E-state index contributed by atoms with van der Waals surface area (Å²) in [7, 11) is 0. The van der Waals surface area contributed by atoms with Crippen LogP contribution in [0.5, 0.6) is 5.75 Å². The number of aryl methyl sites for hydroxylation is 1. The first kappa shape index (κ1) is 16.9. The molecule has 0 aliphatic rings. The predicted molar refractivity (Wildman–Crippen MR) is 99.8 cm³/mol. The summed E-state index contributed by atoms with van der Waals surface area (Å²) >= 11 is 0. The van der Waals surface area contributed by atoms with Gasteiger partial charge in [-0.2, -0.15) is 0 Å². The second-order valence-electron chi connectivity index (χ2n) is 5.79. The smallest absolute Gasteiger partial charge is 0.163 e. The van der Waals surface area contributed by atoms with E-state index >= 15 is 0 Å². The van der Waals surface area contributed by atoms with Crippen LogP contribution >= 0.6 is 0 Å². The lowest BCUT2D eigenvalue weighted by atomic mass is 10.2. The van der Waals surface area contributed by atoms with Gasteiger partial charge < -0.3 is 10.1 Å². The third kappa shape index (κ3) is 4.53. The van der Waals surface area contributed by atoms with Crippen molar-refractivity contribution in [2.75, 3.05) is 18.5 Å². The number of hydrogen-bond donors (Lipinski definition) is 1. The molecule has 2 aromatic heterocycles. The van der Waals surface area contributed by atoms with Gasteiger partial charge in [0.05, 0.1) is 6.61 Å². The van der Waals surface area contributed by atoms with Gasteiger partial charge in [-0.3, -0.25) is 4.98 Å². The highest BCUT2D eigenvalue weighted by Crippen LogP contribution is 2.21. The average molecular weight is 334 g/mol. The van der Waals surface area contributed by atoms with E-state index in [2.05, 4.69) is 20.3 Å². The van der Waals surface area contributed by atoms with Gasteiger partial charge in [0.15, 0.2) is 5.82 Å². The second kappa shape index (κ2) is 8.24. The van der Waals surface area contributed by atoms with Crippen molar-refractivity contribution in [2.24, 2.45) is 0 Å². The first-order chi connectivity index (χ1) is 12.2. The van der Waals surface area contributed by atoms with E-state index in [-0.39, 0.29) is 0 Å². The van der Waals surface area contributed by atoms with Crippen LogP contribution < -0.4 is 10.1 Å². The standard InChI is InChI=1S/C20H22N4O/c1-15-16(2)23-20(17-8-6-11-21-14-17)24-19(15)22-12-7-13-25-18-9-4-3-5-10-18/h3-6,8-11,14H,7,12-13H2,1-2H3,(H,22,23,24). The Balaban J connectivity index is 1.59. The molecule has 0 fully saturated rings. The van der Waals surface area contributed by atoms with Crippen LogP contribution in [0.4, 0.5) is 5.82 Å². The van der Waals surface area contributed by atoms with E-state index < -0.39 is 0 Å². The molecule has 0 amide bonds. The number of aromatic nitrogens is 3. The summed E-state index contributed by atoms with van der Waals surface area (Å²) in [6.07, 6.45) is 4.41. The molecule has 0 bridgehead atoms. The molecule has 0 aliphatic heterocycles. The van der Waals surface area contributed by atoms with Crippen LogP contribution in [-0.4, -0.2) is 28.1 Å². The van der Waals surface area contributed by atoms with Gasteiger partial charge in [0.2, 0.25) is 0 Å². The molecule has 0 spiro atoms. The molecule has 5 nitrogen and oxygen atoms in total. The number of benzene rings is 1. The number of rotatable bonds is 7. The Hall–Kier alpha value is -2.95. The number of nitrogens with one attached hydrogen (secondary N) is 1. The summed E-state index contributed by atoms with van der Waals surface area (Å²) in [6.45, 7) is 5.48. The normalized spacial score (nSPS) is 10.5. The van der Waals surface area contributed by atoms with Crippen LogP contribution in [-0.2, 0) is 0 Å². The molecule has 0 saturated carbocycles. The summed E-state index contributed by atoms with van der Waals surface area (Å²) < 4.78 is 5.71. The van der Waals surface area contributed by atoms with Gasteiger partial charge in [-0.15, -0.1) is 0 Å². The fraction of sp³-hybridized carbons (Fsp3) is 0.250. The van der Waals surface area contributed by atoms with E-state index in [1.54, 1.807) is 12.4 Å². The van der Waals surface area contributed by atoms with Gasteiger partial charge in [0, 0.05) is 35.8 Å². The minimum Gasteiger partial charge on any atom is -0.494 e. The van der Waals surface area contributed by atoms with Gasteiger partial charge in [-0.1, -0.05) is 18.2 Å². The molecule has 2 heterocycles. The number of nitrogens with zero attached hydrogens (tertiary/aromatic N) is 3. The Bertz CT molecular complexity index is 807. The highest BCUT2D eigenvalue weighted by molar-refractivity contribution is 5.58. The number of pyridine rings is 1. The largest absolute Gasteiger partial charge is 0.494 e. The lowest BCUT2D eigenvalue weighted by Gasteiger charge is -2.12. The Morgan fingerprint density at radius 2 is 1.84 bits per heavy atom. The van der Waals surface area contributed by atoms with Crippen molar-refractivity contribution in [3.8, 4) is 17.1 Å². The fourth-order valence-electron chi connectivity index (χ4n) is 2.41. The van der Waals surface area contributed by atoms with E-state index in [9.17, 15) is 0 Å². The molecule has 3 aromatic rings. The molecule has 128 valence electrons. The molecule has 0 saturated heterocycles. The van der Waals surface area contributed by atoms with Gasteiger partial charge >= 0.3 is 0 Å². The zero-order valence-corrected chi connectivity index (χ0v) is 14.6. The molecule has 0 aliphatic carbocycles. The lowest BCUT2D eigenvalue weighted by molar-refractivity contribution is 0.315. The number of hydrogen-bond acceptors (Lipinski definition) is 5. The van der Waals surface area contributed by atoms with Crippen molar-refractivity contribution in [3.63, 3.8) is 0 Å². The summed E-state index contributed by atoms with van der Waals surface area (Å²) in [6, 6.07) is 13.7. The van der Waals surface area contributed by atoms with Crippen LogP contribution in [0.1, 0.15) is 17.7 Å². The van der Waals surface area contributed by atoms with Crippen molar-refractivity contribution in [3.05, 3.63) is 66.1 Å². The number of para-hydroxylation sites is 1. The zero-order valence-electron chi connectivity index (χ0n) is 14.6. The minimum atomic E-state index is 0.662. The first-order valence-corrected chi connectivity index (χ1v) is 8.41. The van der Waals surface area contributed by atoms with E-state index in [1.165, 1.54) is 0 Å². The molecule has 0 atom stereocenters. The van der Waals surface area contributed by atoms with E-state index in [1.807, 2.05) is 56.3 Å².